The van der Waals surface area contributed by atoms with Crippen molar-refractivity contribution in [1.29, 1.82) is 0 Å². The molecule has 0 spiro atoms. The zero-order valence-corrected chi connectivity index (χ0v) is 14.1. The molecule has 1 aromatic heterocycles. The molecule has 0 bridgehead atoms. The molecule has 1 atom stereocenters. The van der Waals surface area contributed by atoms with Crippen molar-refractivity contribution in [2.45, 2.75) is 85.6 Å². The van der Waals surface area contributed by atoms with E-state index in [1.165, 1.54) is 24.4 Å². The molecule has 0 aliphatic rings. The van der Waals surface area contributed by atoms with Crippen LogP contribution in [0.15, 0.2) is 6.20 Å². The van der Waals surface area contributed by atoms with Gasteiger partial charge in [0.1, 0.15) is 5.82 Å². The third kappa shape index (κ3) is 3.61. The first-order valence-corrected chi connectivity index (χ1v) is 7.80. The lowest BCUT2D eigenvalue weighted by atomic mass is 9.85. The highest BCUT2D eigenvalue weighted by Crippen LogP contribution is 2.32. The molecule has 1 heterocycles. The largest absolute Gasteiger partial charge is 0.332 e. The zero-order valence-electron chi connectivity index (χ0n) is 14.1. The SMILES string of the molecule is CCCC(C)(C)c1cn(C(C)C)c(C(C)C(C)C)n1. The van der Waals surface area contributed by atoms with Gasteiger partial charge in [-0.05, 0) is 26.2 Å². The second-order valence-electron chi connectivity index (χ2n) is 7.15. The van der Waals surface area contributed by atoms with Crippen molar-refractivity contribution >= 4 is 0 Å². The van der Waals surface area contributed by atoms with E-state index < -0.39 is 0 Å². The summed E-state index contributed by atoms with van der Waals surface area (Å²) in [6, 6.07) is 0.481. The van der Waals surface area contributed by atoms with E-state index >= 15 is 0 Å². The summed E-state index contributed by atoms with van der Waals surface area (Å²) in [5, 5.41) is 0. The van der Waals surface area contributed by atoms with Crippen LogP contribution in [-0.2, 0) is 5.41 Å². The molecular weight excluding hydrogens is 232 g/mol. The normalized spacial score (nSPS) is 14.4. The van der Waals surface area contributed by atoms with Crippen LogP contribution in [0.4, 0.5) is 0 Å². The molecule has 0 saturated heterocycles. The maximum absolute atomic E-state index is 5.01. The number of nitrogens with zero attached hydrogens (tertiary/aromatic N) is 2. The van der Waals surface area contributed by atoms with Crippen molar-refractivity contribution in [1.82, 2.24) is 9.55 Å². The molecule has 1 aromatic rings. The predicted octanol–water partition coefficient (Wildman–Crippen LogP) is 5.30. The van der Waals surface area contributed by atoms with E-state index in [4.69, 9.17) is 4.98 Å². The topological polar surface area (TPSA) is 17.8 Å². The van der Waals surface area contributed by atoms with Crippen molar-refractivity contribution in [2.75, 3.05) is 0 Å². The third-order valence-corrected chi connectivity index (χ3v) is 4.29. The van der Waals surface area contributed by atoms with Crippen LogP contribution in [-0.4, -0.2) is 9.55 Å². The second-order valence-corrected chi connectivity index (χ2v) is 7.15. The van der Waals surface area contributed by atoms with Gasteiger partial charge in [-0.3, -0.25) is 0 Å². The van der Waals surface area contributed by atoms with Gasteiger partial charge in [0, 0.05) is 23.6 Å². The summed E-state index contributed by atoms with van der Waals surface area (Å²) in [7, 11) is 0. The van der Waals surface area contributed by atoms with Crippen LogP contribution in [0.2, 0.25) is 0 Å². The summed E-state index contributed by atoms with van der Waals surface area (Å²) in [4.78, 5) is 5.01. The summed E-state index contributed by atoms with van der Waals surface area (Å²) < 4.78 is 2.37. The number of hydrogen-bond donors (Lipinski definition) is 0. The Hall–Kier alpha value is -0.790. The predicted molar refractivity (Wildman–Crippen MR) is 83.8 cm³/mol. The van der Waals surface area contributed by atoms with Gasteiger partial charge in [0.15, 0.2) is 0 Å². The fourth-order valence-electron chi connectivity index (χ4n) is 2.54. The first-order chi connectivity index (χ1) is 8.70. The molecule has 0 aromatic carbocycles. The highest BCUT2D eigenvalue weighted by Gasteiger charge is 2.27. The molecule has 19 heavy (non-hydrogen) atoms. The Balaban J connectivity index is 3.21. The van der Waals surface area contributed by atoms with Gasteiger partial charge in [0.05, 0.1) is 5.69 Å². The summed E-state index contributed by atoms with van der Waals surface area (Å²) >= 11 is 0. The third-order valence-electron chi connectivity index (χ3n) is 4.29. The molecular formula is C17H32N2. The first kappa shape index (κ1) is 16.3. The van der Waals surface area contributed by atoms with E-state index in [0.29, 0.717) is 17.9 Å². The van der Waals surface area contributed by atoms with Crippen LogP contribution >= 0.6 is 0 Å². The second kappa shape index (κ2) is 6.11. The van der Waals surface area contributed by atoms with Crippen LogP contribution in [0.25, 0.3) is 0 Å². The van der Waals surface area contributed by atoms with Crippen molar-refractivity contribution in [3.05, 3.63) is 17.7 Å². The Morgan fingerprint density at radius 2 is 1.74 bits per heavy atom. The molecule has 0 N–H and O–H groups in total. The van der Waals surface area contributed by atoms with Crippen molar-refractivity contribution < 1.29 is 0 Å². The minimum absolute atomic E-state index is 0.181. The Morgan fingerprint density at radius 3 is 2.16 bits per heavy atom. The minimum atomic E-state index is 0.181. The Bertz CT molecular complexity index is 399. The summed E-state index contributed by atoms with van der Waals surface area (Å²) in [5.41, 5.74) is 1.44. The van der Waals surface area contributed by atoms with Gasteiger partial charge in [-0.25, -0.2) is 4.98 Å². The number of imidazole rings is 1. The van der Waals surface area contributed by atoms with Gasteiger partial charge in [0.2, 0.25) is 0 Å². The summed E-state index contributed by atoms with van der Waals surface area (Å²) in [5.74, 6) is 2.39. The molecule has 2 heteroatoms. The molecule has 0 radical (unpaired) electrons. The fraction of sp³-hybridized carbons (Fsp3) is 0.824. The number of rotatable bonds is 6. The maximum atomic E-state index is 5.01. The summed E-state index contributed by atoms with van der Waals surface area (Å²) in [6.07, 6.45) is 4.68. The molecule has 0 aliphatic heterocycles. The molecule has 1 rings (SSSR count). The van der Waals surface area contributed by atoms with E-state index in [0.717, 1.165) is 0 Å². The number of aromatic nitrogens is 2. The lowest BCUT2D eigenvalue weighted by molar-refractivity contribution is 0.454. The van der Waals surface area contributed by atoms with E-state index in [9.17, 15) is 0 Å². The Morgan fingerprint density at radius 1 is 1.16 bits per heavy atom. The van der Waals surface area contributed by atoms with Crippen LogP contribution in [0.3, 0.4) is 0 Å². The average Bonchev–Trinajstić information content (AvgIpc) is 2.73. The van der Waals surface area contributed by atoms with Gasteiger partial charge in [-0.15, -0.1) is 0 Å². The van der Waals surface area contributed by atoms with Crippen molar-refractivity contribution in [2.24, 2.45) is 5.92 Å². The van der Waals surface area contributed by atoms with Crippen LogP contribution < -0.4 is 0 Å². The maximum Gasteiger partial charge on any atom is 0.112 e. The van der Waals surface area contributed by atoms with Gasteiger partial charge in [-0.1, -0.05) is 48.0 Å². The van der Waals surface area contributed by atoms with E-state index in [1.807, 2.05) is 0 Å². The molecule has 1 unspecified atom stereocenters. The molecule has 2 nitrogen and oxygen atoms in total. The van der Waals surface area contributed by atoms with Gasteiger partial charge < -0.3 is 4.57 Å². The number of hydrogen-bond acceptors (Lipinski definition) is 1. The molecule has 0 saturated carbocycles. The smallest absolute Gasteiger partial charge is 0.112 e. The standard InChI is InChI=1S/C17H32N2/c1-9-10-17(7,8)15-11-19(13(4)5)16(18-15)14(6)12(2)3/h11-14H,9-10H2,1-8H3. The van der Waals surface area contributed by atoms with Gasteiger partial charge in [-0.2, -0.15) is 0 Å². The highest BCUT2D eigenvalue weighted by molar-refractivity contribution is 5.17. The molecule has 0 fully saturated rings. The molecule has 110 valence electrons. The van der Waals surface area contributed by atoms with E-state index in [-0.39, 0.29) is 5.41 Å². The van der Waals surface area contributed by atoms with Crippen LogP contribution in [0.5, 0.6) is 0 Å². The van der Waals surface area contributed by atoms with Gasteiger partial charge >= 0.3 is 0 Å². The fourth-order valence-corrected chi connectivity index (χ4v) is 2.54. The van der Waals surface area contributed by atoms with Crippen LogP contribution in [0.1, 0.15) is 91.7 Å². The Kier molecular flexibility index (Phi) is 5.23. The lowest BCUT2D eigenvalue weighted by Crippen LogP contribution is -2.17. The molecule has 0 aliphatic carbocycles. The highest BCUT2D eigenvalue weighted by atomic mass is 15.1. The zero-order chi connectivity index (χ0) is 14.8. The quantitative estimate of drug-likeness (QED) is 0.681. The van der Waals surface area contributed by atoms with Crippen LogP contribution in [0, 0.1) is 5.92 Å². The first-order valence-electron chi connectivity index (χ1n) is 7.80. The van der Waals surface area contributed by atoms with Gasteiger partial charge in [0.25, 0.3) is 0 Å². The summed E-state index contributed by atoms with van der Waals surface area (Å²) in [6.45, 7) is 18.2. The van der Waals surface area contributed by atoms with Crippen molar-refractivity contribution in [3.63, 3.8) is 0 Å². The van der Waals surface area contributed by atoms with E-state index in [2.05, 4.69) is 66.2 Å². The minimum Gasteiger partial charge on any atom is -0.332 e. The monoisotopic (exact) mass is 264 g/mol. The van der Waals surface area contributed by atoms with Crippen molar-refractivity contribution in [3.8, 4) is 0 Å². The average molecular weight is 264 g/mol. The lowest BCUT2D eigenvalue weighted by Gasteiger charge is -2.21. The molecule has 0 amide bonds. The van der Waals surface area contributed by atoms with E-state index in [1.54, 1.807) is 0 Å². The Labute approximate surface area is 119 Å².